The van der Waals surface area contributed by atoms with Gasteiger partial charge < -0.3 is 4.98 Å². The fourth-order valence-corrected chi connectivity index (χ4v) is 5.35. The summed E-state index contributed by atoms with van der Waals surface area (Å²) in [5.74, 6) is 1.04. The molecule has 1 N–H and O–H groups in total. The van der Waals surface area contributed by atoms with Crippen LogP contribution in [0.15, 0.2) is 4.79 Å². The first kappa shape index (κ1) is 15.3. The summed E-state index contributed by atoms with van der Waals surface area (Å²) in [5.41, 5.74) is 1.39. The van der Waals surface area contributed by atoms with E-state index in [9.17, 15) is 4.79 Å². The summed E-state index contributed by atoms with van der Waals surface area (Å²) in [4.78, 5) is 18.6. The van der Waals surface area contributed by atoms with Gasteiger partial charge in [-0.05, 0) is 68.8 Å². The topological polar surface area (TPSA) is 37.8 Å². The zero-order valence-corrected chi connectivity index (χ0v) is 14.8. The molecule has 0 amide bonds. The third-order valence-electron chi connectivity index (χ3n) is 4.22. The molecular formula is C15H20N2OS3. The van der Waals surface area contributed by atoms with E-state index in [0.29, 0.717) is 4.77 Å². The molecule has 1 aliphatic rings. The SMILES string of the molecule is CSCCC(C)n1c(=S)[nH]c2sc3c(c2c1=O)CCCC3. The number of aromatic nitrogens is 2. The Kier molecular flexibility index (Phi) is 4.57. The van der Waals surface area contributed by atoms with Gasteiger partial charge in [0.25, 0.3) is 5.56 Å². The first-order chi connectivity index (χ1) is 10.1. The van der Waals surface area contributed by atoms with E-state index in [4.69, 9.17) is 12.2 Å². The van der Waals surface area contributed by atoms with Crippen LogP contribution in [0.2, 0.25) is 0 Å². The zero-order valence-electron chi connectivity index (χ0n) is 12.4. The lowest BCUT2D eigenvalue weighted by atomic mass is 9.97. The number of nitrogens with one attached hydrogen (secondary N) is 1. The Morgan fingerprint density at radius 2 is 2.19 bits per heavy atom. The summed E-state index contributed by atoms with van der Waals surface area (Å²) in [6.07, 6.45) is 7.63. The number of hydrogen-bond donors (Lipinski definition) is 1. The number of thiophene rings is 1. The van der Waals surface area contributed by atoms with Crippen LogP contribution in [0.5, 0.6) is 0 Å². The molecule has 2 heterocycles. The molecule has 0 bridgehead atoms. The summed E-state index contributed by atoms with van der Waals surface area (Å²) < 4.78 is 2.36. The van der Waals surface area contributed by atoms with E-state index < -0.39 is 0 Å². The van der Waals surface area contributed by atoms with Gasteiger partial charge in [-0.25, -0.2) is 0 Å². The van der Waals surface area contributed by atoms with Crippen LogP contribution in [0, 0.1) is 4.77 Å². The molecule has 0 aromatic carbocycles. The van der Waals surface area contributed by atoms with Crippen molar-refractivity contribution in [1.29, 1.82) is 0 Å². The van der Waals surface area contributed by atoms with E-state index in [2.05, 4.69) is 18.2 Å². The first-order valence-corrected chi connectivity index (χ1v) is 10.0. The van der Waals surface area contributed by atoms with Gasteiger partial charge in [-0.1, -0.05) is 0 Å². The monoisotopic (exact) mass is 340 g/mol. The highest BCUT2D eigenvalue weighted by molar-refractivity contribution is 7.98. The van der Waals surface area contributed by atoms with Crippen LogP contribution in [0.3, 0.4) is 0 Å². The second-order valence-corrected chi connectivity index (χ2v) is 8.13. The molecule has 0 saturated carbocycles. The van der Waals surface area contributed by atoms with E-state index in [1.165, 1.54) is 23.3 Å². The molecule has 21 heavy (non-hydrogen) atoms. The van der Waals surface area contributed by atoms with Crippen LogP contribution in [0.4, 0.5) is 0 Å². The highest BCUT2D eigenvalue weighted by atomic mass is 32.2. The normalized spacial score (nSPS) is 16.1. The number of nitrogens with zero attached hydrogens (tertiary/aromatic N) is 1. The Labute approximate surface area is 137 Å². The van der Waals surface area contributed by atoms with Crippen LogP contribution >= 0.6 is 35.3 Å². The van der Waals surface area contributed by atoms with E-state index in [-0.39, 0.29) is 11.6 Å². The lowest BCUT2D eigenvalue weighted by molar-refractivity contribution is 0.508. The van der Waals surface area contributed by atoms with Gasteiger partial charge >= 0.3 is 0 Å². The van der Waals surface area contributed by atoms with Gasteiger partial charge in [0.1, 0.15) is 4.83 Å². The minimum atomic E-state index is 0.113. The van der Waals surface area contributed by atoms with E-state index >= 15 is 0 Å². The van der Waals surface area contributed by atoms with Crippen molar-refractivity contribution in [3.05, 3.63) is 25.6 Å². The summed E-state index contributed by atoms with van der Waals surface area (Å²) in [5, 5.41) is 0.902. The molecule has 1 unspecified atom stereocenters. The van der Waals surface area contributed by atoms with Crippen molar-refractivity contribution in [1.82, 2.24) is 9.55 Å². The molecule has 0 saturated heterocycles. The molecule has 0 fully saturated rings. The van der Waals surface area contributed by atoms with Gasteiger partial charge in [0.2, 0.25) is 0 Å². The van der Waals surface area contributed by atoms with E-state index in [0.717, 1.165) is 35.2 Å². The molecule has 1 atom stereocenters. The largest absolute Gasteiger partial charge is 0.323 e. The maximum atomic E-state index is 13.0. The van der Waals surface area contributed by atoms with Gasteiger partial charge in [0.15, 0.2) is 4.77 Å². The minimum Gasteiger partial charge on any atom is -0.323 e. The highest BCUT2D eigenvalue weighted by Gasteiger charge is 2.21. The van der Waals surface area contributed by atoms with Crippen LogP contribution in [0.25, 0.3) is 10.2 Å². The molecule has 0 aliphatic heterocycles. The number of fused-ring (bicyclic) bond motifs is 3. The molecule has 0 spiro atoms. The molecule has 1 aliphatic carbocycles. The number of hydrogen-bond acceptors (Lipinski definition) is 4. The molecule has 2 aromatic heterocycles. The first-order valence-electron chi connectivity index (χ1n) is 7.41. The fourth-order valence-electron chi connectivity index (χ4n) is 3.07. The molecule has 3 nitrogen and oxygen atoms in total. The Morgan fingerprint density at radius 3 is 2.95 bits per heavy atom. The highest BCUT2D eigenvalue weighted by Crippen LogP contribution is 2.33. The van der Waals surface area contributed by atoms with Crippen LogP contribution in [0.1, 0.15) is 42.7 Å². The molecule has 2 aromatic rings. The third-order valence-corrected chi connectivity index (χ3v) is 6.37. The predicted molar refractivity (Wildman–Crippen MR) is 95.6 cm³/mol. The standard InChI is InChI=1S/C15H20N2OS3/c1-9(7-8-20-2)17-14(18)12-10-5-3-4-6-11(10)21-13(12)16-15(17)19/h9H,3-8H2,1-2H3,(H,16,19). The Balaban J connectivity index is 2.18. The lowest BCUT2D eigenvalue weighted by Gasteiger charge is -2.15. The van der Waals surface area contributed by atoms with E-state index in [1.807, 2.05) is 0 Å². The smallest absolute Gasteiger partial charge is 0.263 e. The van der Waals surface area contributed by atoms with Gasteiger partial charge in [-0.2, -0.15) is 11.8 Å². The number of aryl methyl sites for hydroxylation is 2. The number of H-pyrrole nitrogens is 1. The number of rotatable bonds is 4. The van der Waals surface area contributed by atoms with Crippen molar-refractivity contribution in [2.75, 3.05) is 12.0 Å². The quantitative estimate of drug-likeness (QED) is 0.843. The van der Waals surface area contributed by atoms with E-state index in [1.54, 1.807) is 27.7 Å². The van der Waals surface area contributed by atoms with Crippen molar-refractivity contribution in [2.24, 2.45) is 0 Å². The lowest BCUT2D eigenvalue weighted by Crippen LogP contribution is -2.26. The predicted octanol–water partition coefficient (Wildman–Crippen LogP) is 4.31. The van der Waals surface area contributed by atoms with Crippen molar-refractivity contribution in [3.8, 4) is 0 Å². The van der Waals surface area contributed by atoms with Crippen LogP contribution < -0.4 is 5.56 Å². The minimum absolute atomic E-state index is 0.113. The van der Waals surface area contributed by atoms with Crippen LogP contribution in [-0.4, -0.2) is 21.6 Å². The maximum absolute atomic E-state index is 13.0. The van der Waals surface area contributed by atoms with Crippen molar-refractivity contribution in [2.45, 2.75) is 45.1 Å². The zero-order chi connectivity index (χ0) is 15.0. The molecular weight excluding hydrogens is 320 g/mol. The number of thioether (sulfide) groups is 1. The second-order valence-electron chi connectivity index (χ2n) is 5.65. The average molecular weight is 341 g/mol. The Morgan fingerprint density at radius 1 is 1.43 bits per heavy atom. The molecule has 3 rings (SSSR count). The molecule has 114 valence electrons. The molecule has 0 radical (unpaired) electrons. The number of aromatic amines is 1. The van der Waals surface area contributed by atoms with Gasteiger partial charge in [-0.3, -0.25) is 9.36 Å². The van der Waals surface area contributed by atoms with Crippen molar-refractivity contribution < 1.29 is 0 Å². The van der Waals surface area contributed by atoms with Gasteiger partial charge in [0.05, 0.1) is 5.39 Å². The Bertz CT molecular complexity index is 772. The third kappa shape index (κ3) is 2.73. The summed E-state index contributed by atoms with van der Waals surface area (Å²) >= 11 is 8.98. The van der Waals surface area contributed by atoms with Crippen molar-refractivity contribution in [3.63, 3.8) is 0 Å². The average Bonchev–Trinajstić information content (AvgIpc) is 2.83. The van der Waals surface area contributed by atoms with Gasteiger partial charge in [-0.15, -0.1) is 11.3 Å². The second kappa shape index (κ2) is 6.26. The van der Waals surface area contributed by atoms with Crippen LogP contribution in [-0.2, 0) is 12.8 Å². The maximum Gasteiger partial charge on any atom is 0.263 e. The van der Waals surface area contributed by atoms with Crippen molar-refractivity contribution >= 4 is 45.5 Å². The Hall–Kier alpha value is -0.590. The fraction of sp³-hybridized carbons (Fsp3) is 0.600. The summed E-state index contributed by atoms with van der Waals surface area (Å²) in [7, 11) is 0. The summed E-state index contributed by atoms with van der Waals surface area (Å²) in [6.45, 7) is 2.09. The summed E-state index contributed by atoms with van der Waals surface area (Å²) in [6, 6.07) is 0.150. The molecule has 6 heteroatoms. The van der Waals surface area contributed by atoms with Gasteiger partial charge in [0, 0.05) is 10.9 Å².